The Bertz CT molecular complexity index is 1270. The molecule has 0 aliphatic carbocycles. The fourth-order valence-electron chi connectivity index (χ4n) is 2.90. The zero-order chi connectivity index (χ0) is 21.6. The highest BCUT2D eigenvalue weighted by atomic mass is 19.1. The molecule has 4 rings (SSSR count). The smallest absolute Gasteiger partial charge is 0.287 e. The molecule has 0 saturated carbocycles. The molecular weight excluding hydrogens is 401 g/mol. The number of ether oxygens (including phenoxy) is 1. The van der Waals surface area contributed by atoms with E-state index in [9.17, 15) is 14.0 Å². The maximum Gasteiger partial charge on any atom is 0.287 e. The summed E-state index contributed by atoms with van der Waals surface area (Å²) >= 11 is 0. The van der Waals surface area contributed by atoms with Gasteiger partial charge in [-0.15, -0.1) is 0 Å². The molecule has 31 heavy (non-hydrogen) atoms. The van der Waals surface area contributed by atoms with E-state index in [1.165, 1.54) is 28.8 Å². The van der Waals surface area contributed by atoms with Gasteiger partial charge in [-0.05, 0) is 36.4 Å². The van der Waals surface area contributed by atoms with Gasteiger partial charge in [0.2, 0.25) is 5.88 Å². The summed E-state index contributed by atoms with van der Waals surface area (Å²) in [5.74, 6) is 0.322. The number of benzene rings is 1. The molecule has 0 unspecified atom stereocenters. The van der Waals surface area contributed by atoms with Crippen molar-refractivity contribution in [1.29, 1.82) is 0 Å². The lowest BCUT2D eigenvalue weighted by molar-refractivity contribution is 0.0921. The fraction of sp³-hybridized carbons (Fsp3) is 0.0870. The molecular formula is C23H18FN3O4. The number of carbonyl (C=O) groups excluding carboxylic acids is 1. The lowest BCUT2D eigenvalue weighted by atomic mass is 10.2. The van der Waals surface area contributed by atoms with Crippen LogP contribution in [0, 0.1) is 5.82 Å². The highest BCUT2D eigenvalue weighted by Crippen LogP contribution is 2.23. The molecule has 0 bridgehead atoms. The second-order valence-corrected chi connectivity index (χ2v) is 6.64. The Hall–Kier alpha value is -4.20. The second kappa shape index (κ2) is 9.08. The van der Waals surface area contributed by atoms with Crippen molar-refractivity contribution >= 4 is 5.91 Å². The van der Waals surface area contributed by atoms with Gasteiger partial charge in [-0.25, -0.2) is 9.37 Å². The molecule has 0 radical (unpaired) electrons. The summed E-state index contributed by atoms with van der Waals surface area (Å²) in [6.07, 6.45) is 3.19. The van der Waals surface area contributed by atoms with E-state index in [0.29, 0.717) is 17.1 Å². The molecule has 0 atom stereocenters. The SMILES string of the molecule is O=C(NCc1cccnc1Oc1cccc(F)c1)c1ccc(Cn2ccccc2=O)o1. The average molecular weight is 419 g/mol. The Morgan fingerprint density at radius 1 is 1.10 bits per heavy atom. The Kier molecular flexibility index (Phi) is 5.89. The predicted molar refractivity (Wildman–Crippen MR) is 110 cm³/mol. The van der Waals surface area contributed by atoms with Gasteiger partial charge < -0.3 is 19.0 Å². The number of hydrogen-bond donors (Lipinski definition) is 1. The predicted octanol–water partition coefficient (Wildman–Crippen LogP) is 3.75. The molecule has 4 aromatic rings. The number of amides is 1. The Balaban J connectivity index is 1.41. The van der Waals surface area contributed by atoms with E-state index in [-0.39, 0.29) is 30.3 Å². The third-order valence-corrected chi connectivity index (χ3v) is 4.41. The number of furan rings is 1. The number of halogens is 1. The van der Waals surface area contributed by atoms with E-state index >= 15 is 0 Å². The van der Waals surface area contributed by atoms with Gasteiger partial charge >= 0.3 is 0 Å². The zero-order valence-electron chi connectivity index (χ0n) is 16.3. The summed E-state index contributed by atoms with van der Waals surface area (Å²) in [7, 11) is 0. The Morgan fingerprint density at radius 2 is 2.00 bits per heavy atom. The van der Waals surface area contributed by atoms with Gasteiger partial charge in [-0.3, -0.25) is 9.59 Å². The minimum Gasteiger partial charge on any atom is -0.454 e. The summed E-state index contributed by atoms with van der Waals surface area (Å²) < 4.78 is 26.1. The number of nitrogens with one attached hydrogen (secondary N) is 1. The number of aromatic nitrogens is 2. The maximum absolute atomic E-state index is 13.4. The number of carbonyl (C=O) groups is 1. The topological polar surface area (TPSA) is 86.4 Å². The molecule has 0 fully saturated rings. The van der Waals surface area contributed by atoms with Crippen LogP contribution in [0.4, 0.5) is 4.39 Å². The van der Waals surface area contributed by atoms with Crippen LogP contribution in [0.2, 0.25) is 0 Å². The van der Waals surface area contributed by atoms with Crippen molar-refractivity contribution in [2.75, 3.05) is 0 Å². The molecule has 0 saturated heterocycles. The Labute approximate surface area is 176 Å². The summed E-state index contributed by atoms with van der Waals surface area (Å²) in [6.45, 7) is 0.354. The van der Waals surface area contributed by atoms with E-state index in [4.69, 9.17) is 9.15 Å². The molecule has 3 aromatic heterocycles. The third kappa shape index (κ3) is 5.05. The first-order chi connectivity index (χ1) is 15.1. The summed E-state index contributed by atoms with van der Waals surface area (Å²) in [5.41, 5.74) is 0.454. The zero-order valence-corrected chi connectivity index (χ0v) is 16.3. The Morgan fingerprint density at radius 3 is 2.84 bits per heavy atom. The lowest BCUT2D eigenvalue weighted by Gasteiger charge is -2.10. The molecule has 1 N–H and O–H groups in total. The van der Waals surface area contributed by atoms with E-state index in [1.807, 2.05) is 0 Å². The number of rotatable bonds is 7. The quantitative estimate of drug-likeness (QED) is 0.493. The second-order valence-electron chi connectivity index (χ2n) is 6.64. The highest BCUT2D eigenvalue weighted by molar-refractivity contribution is 5.91. The van der Waals surface area contributed by atoms with Crippen molar-refractivity contribution in [2.45, 2.75) is 13.1 Å². The van der Waals surface area contributed by atoms with Crippen LogP contribution in [0.25, 0.3) is 0 Å². The number of pyridine rings is 2. The summed E-state index contributed by atoms with van der Waals surface area (Å²) in [5, 5.41) is 2.75. The van der Waals surface area contributed by atoms with Gasteiger partial charge in [0.1, 0.15) is 17.3 Å². The van der Waals surface area contributed by atoms with Gasteiger partial charge in [0.15, 0.2) is 5.76 Å². The monoisotopic (exact) mass is 419 g/mol. The van der Waals surface area contributed by atoms with Gasteiger partial charge in [0.05, 0.1) is 6.54 Å². The van der Waals surface area contributed by atoms with Crippen molar-refractivity contribution in [1.82, 2.24) is 14.9 Å². The fourth-order valence-corrected chi connectivity index (χ4v) is 2.90. The normalized spacial score (nSPS) is 10.6. The minimum absolute atomic E-state index is 0.121. The van der Waals surface area contributed by atoms with Gasteiger partial charge in [0, 0.05) is 36.6 Å². The highest BCUT2D eigenvalue weighted by Gasteiger charge is 2.14. The van der Waals surface area contributed by atoms with Crippen LogP contribution in [-0.2, 0) is 13.1 Å². The van der Waals surface area contributed by atoms with Gasteiger partial charge in [-0.1, -0.05) is 18.2 Å². The molecule has 8 heteroatoms. The van der Waals surface area contributed by atoms with Gasteiger partial charge in [0.25, 0.3) is 11.5 Å². The van der Waals surface area contributed by atoms with Crippen molar-refractivity contribution < 1.29 is 18.3 Å². The standard InChI is InChI=1S/C23H18FN3O4/c24-17-6-3-7-18(13-17)31-23-16(5-4-11-25-23)14-26-22(29)20-10-9-19(30-20)15-27-12-2-1-8-21(27)28/h1-13H,14-15H2,(H,26,29). The summed E-state index contributed by atoms with van der Waals surface area (Å²) in [4.78, 5) is 28.5. The molecule has 156 valence electrons. The summed E-state index contributed by atoms with van der Waals surface area (Å²) in [6, 6.07) is 17.2. The van der Waals surface area contributed by atoms with Crippen LogP contribution in [-0.4, -0.2) is 15.5 Å². The first-order valence-corrected chi connectivity index (χ1v) is 9.48. The van der Waals surface area contributed by atoms with Crippen LogP contribution < -0.4 is 15.6 Å². The molecule has 3 heterocycles. The third-order valence-electron chi connectivity index (χ3n) is 4.41. The first-order valence-electron chi connectivity index (χ1n) is 9.48. The average Bonchev–Trinajstić information content (AvgIpc) is 3.23. The van der Waals surface area contributed by atoms with Crippen LogP contribution in [0.5, 0.6) is 11.6 Å². The van der Waals surface area contributed by atoms with Crippen LogP contribution in [0.3, 0.4) is 0 Å². The lowest BCUT2D eigenvalue weighted by Crippen LogP contribution is -2.22. The van der Waals surface area contributed by atoms with Crippen molar-refractivity contribution in [2.24, 2.45) is 0 Å². The van der Waals surface area contributed by atoms with Crippen molar-refractivity contribution in [3.05, 3.63) is 112 Å². The maximum atomic E-state index is 13.4. The number of hydrogen-bond acceptors (Lipinski definition) is 5. The van der Waals surface area contributed by atoms with Crippen molar-refractivity contribution in [3.63, 3.8) is 0 Å². The van der Waals surface area contributed by atoms with E-state index in [0.717, 1.165) is 0 Å². The minimum atomic E-state index is -0.424. The van der Waals surface area contributed by atoms with Crippen LogP contribution >= 0.6 is 0 Å². The first kappa shape index (κ1) is 20.1. The van der Waals surface area contributed by atoms with E-state index < -0.39 is 11.7 Å². The van der Waals surface area contributed by atoms with Crippen LogP contribution in [0.1, 0.15) is 21.9 Å². The molecule has 0 spiro atoms. The molecule has 0 aliphatic rings. The molecule has 7 nitrogen and oxygen atoms in total. The van der Waals surface area contributed by atoms with E-state index in [2.05, 4.69) is 10.3 Å². The molecule has 1 aromatic carbocycles. The molecule has 0 aliphatic heterocycles. The van der Waals surface area contributed by atoms with Gasteiger partial charge in [-0.2, -0.15) is 0 Å². The van der Waals surface area contributed by atoms with Crippen molar-refractivity contribution in [3.8, 4) is 11.6 Å². The number of nitrogens with zero attached hydrogens (tertiary/aromatic N) is 2. The molecule has 1 amide bonds. The van der Waals surface area contributed by atoms with Crippen LogP contribution in [0.15, 0.2) is 88.3 Å². The van der Waals surface area contributed by atoms with E-state index in [1.54, 1.807) is 54.9 Å². The largest absolute Gasteiger partial charge is 0.454 e.